The number of amides is 2. The smallest absolute Gasteiger partial charge is 0.264 e. The van der Waals surface area contributed by atoms with E-state index in [2.05, 4.69) is 5.32 Å². The molecule has 1 saturated heterocycles. The molecule has 0 saturated carbocycles. The first kappa shape index (κ1) is 22.3. The Morgan fingerprint density at radius 1 is 1.32 bits per heavy atom. The van der Waals surface area contributed by atoms with Crippen LogP contribution in [-0.2, 0) is 0 Å². The predicted octanol–water partition coefficient (Wildman–Crippen LogP) is 4.21. The second-order valence-corrected chi connectivity index (χ2v) is 8.06. The Labute approximate surface area is 174 Å². The van der Waals surface area contributed by atoms with E-state index < -0.39 is 11.7 Å². The van der Waals surface area contributed by atoms with Crippen LogP contribution in [0, 0.1) is 12.7 Å². The lowest BCUT2D eigenvalue weighted by Gasteiger charge is -2.38. The maximum Gasteiger partial charge on any atom is 0.264 e. The first-order valence-electron chi connectivity index (χ1n) is 9.10. The van der Waals surface area contributed by atoms with Gasteiger partial charge in [0, 0.05) is 24.2 Å². The van der Waals surface area contributed by atoms with Crippen molar-refractivity contribution in [1.29, 1.82) is 0 Å². The van der Waals surface area contributed by atoms with E-state index >= 15 is 0 Å². The molecular weight excluding hydrogens is 401 g/mol. The zero-order valence-electron chi connectivity index (χ0n) is 15.9. The number of nitrogens with two attached hydrogens (primary N) is 1. The van der Waals surface area contributed by atoms with Gasteiger partial charge in [0.25, 0.3) is 11.8 Å². The van der Waals surface area contributed by atoms with Crippen molar-refractivity contribution >= 4 is 40.6 Å². The summed E-state index contributed by atoms with van der Waals surface area (Å²) in [6.07, 6.45) is 2.97. The van der Waals surface area contributed by atoms with Crippen LogP contribution >= 0.6 is 23.7 Å². The maximum absolute atomic E-state index is 13.3. The number of benzene rings is 1. The number of thiophene rings is 1. The van der Waals surface area contributed by atoms with Crippen molar-refractivity contribution in [2.45, 2.75) is 45.2 Å². The summed E-state index contributed by atoms with van der Waals surface area (Å²) in [5.74, 6) is -0.903. The molecule has 1 fully saturated rings. The minimum Gasteiger partial charge on any atom is -0.333 e. The average molecular weight is 426 g/mol. The minimum absolute atomic E-state index is 0. The van der Waals surface area contributed by atoms with Crippen LogP contribution in [0.4, 0.5) is 9.39 Å². The van der Waals surface area contributed by atoms with Crippen molar-refractivity contribution in [2.75, 3.05) is 11.9 Å². The van der Waals surface area contributed by atoms with Crippen LogP contribution in [0.5, 0.6) is 0 Å². The second kappa shape index (κ2) is 9.49. The van der Waals surface area contributed by atoms with E-state index in [1.165, 1.54) is 29.5 Å². The number of piperidine rings is 1. The van der Waals surface area contributed by atoms with Gasteiger partial charge in [-0.05, 0) is 62.9 Å². The molecule has 3 N–H and O–H groups in total. The third-order valence-electron chi connectivity index (χ3n) is 4.85. The van der Waals surface area contributed by atoms with Gasteiger partial charge in [-0.15, -0.1) is 23.7 Å². The fourth-order valence-electron chi connectivity index (χ4n) is 3.46. The van der Waals surface area contributed by atoms with Gasteiger partial charge in [0.2, 0.25) is 0 Å². The Kier molecular flexibility index (Phi) is 7.57. The van der Waals surface area contributed by atoms with Crippen molar-refractivity contribution < 1.29 is 14.0 Å². The molecule has 0 radical (unpaired) electrons. The first-order valence-corrected chi connectivity index (χ1v) is 9.92. The summed E-state index contributed by atoms with van der Waals surface area (Å²) in [7, 11) is 0. The molecule has 1 aromatic carbocycles. The molecule has 0 bridgehead atoms. The number of carbonyl (C=O) groups is 2. The van der Waals surface area contributed by atoms with Gasteiger partial charge in [-0.3, -0.25) is 9.59 Å². The number of hydrogen-bond acceptors (Lipinski definition) is 4. The number of anilines is 1. The fraction of sp³-hybridized carbons (Fsp3) is 0.400. The van der Waals surface area contributed by atoms with Crippen LogP contribution in [0.3, 0.4) is 0 Å². The summed E-state index contributed by atoms with van der Waals surface area (Å²) >= 11 is 1.24. The Balaban J connectivity index is 0.00000280. The largest absolute Gasteiger partial charge is 0.333 e. The van der Waals surface area contributed by atoms with Gasteiger partial charge in [-0.1, -0.05) is 6.07 Å². The van der Waals surface area contributed by atoms with E-state index in [1.54, 1.807) is 12.1 Å². The standard InChI is InChI=1S/C20H24FN3O2S.ClH/c1-12-10-17(23-19(25)14-6-5-7-15(21)11-14)27-18(12)20(26)24-9-4-3-8-16(24)13(2)22;/h5-7,10-11,13,16H,3-4,8-9,22H2,1-2H3,(H,23,25);1H. The van der Waals surface area contributed by atoms with E-state index in [4.69, 9.17) is 5.73 Å². The Morgan fingerprint density at radius 2 is 2.07 bits per heavy atom. The summed E-state index contributed by atoms with van der Waals surface area (Å²) in [5, 5.41) is 3.32. The molecule has 1 aliphatic heterocycles. The highest BCUT2D eigenvalue weighted by Crippen LogP contribution is 2.30. The average Bonchev–Trinajstić information content (AvgIpc) is 3.01. The van der Waals surface area contributed by atoms with E-state index in [0.717, 1.165) is 24.8 Å². The van der Waals surface area contributed by atoms with Crippen molar-refractivity contribution in [2.24, 2.45) is 5.73 Å². The third-order valence-corrected chi connectivity index (χ3v) is 5.99. The second-order valence-electron chi connectivity index (χ2n) is 7.01. The minimum atomic E-state index is -0.465. The molecular formula is C20H25ClFN3O2S. The topological polar surface area (TPSA) is 75.4 Å². The summed E-state index contributed by atoms with van der Waals surface area (Å²) < 4.78 is 13.3. The van der Waals surface area contributed by atoms with E-state index in [9.17, 15) is 14.0 Å². The van der Waals surface area contributed by atoms with Crippen LogP contribution in [-0.4, -0.2) is 35.3 Å². The molecule has 1 aliphatic rings. The fourth-order valence-corrected chi connectivity index (χ4v) is 4.48. The lowest BCUT2D eigenvalue weighted by molar-refractivity contribution is 0.0588. The lowest BCUT2D eigenvalue weighted by Crippen LogP contribution is -2.51. The number of rotatable bonds is 4. The highest BCUT2D eigenvalue weighted by Gasteiger charge is 2.31. The van der Waals surface area contributed by atoms with Crippen LogP contribution in [0.2, 0.25) is 0 Å². The lowest BCUT2D eigenvalue weighted by atomic mass is 9.96. The number of nitrogens with one attached hydrogen (secondary N) is 1. The van der Waals surface area contributed by atoms with Crippen LogP contribution < -0.4 is 11.1 Å². The Hall–Kier alpha value is -1.96. The van der Waals surface area contributed by atoms with Gasteiger partial charge in [-0.2, -0.15) is 0 Å². The summed E-state index contributed by atoms with van der Waals surface area (Å²) in [5.41, 5.74) is 7.13. The molecule has 0 aliphatic carbocycles. The van der Waals surface area contributed by atoms with E-state index in [1.807, 2.05) is 18.7 Å². The monoisotopic (exact) mass is 425 g/mol. The van der Waals surface area contributed by atoms with E-state index in [0.29, 0.717) is 16.4 Å². The molecule has 2 aromatic rings. The number of likely N-dealkylation sites (tertiary alicyclic amines) is 1. The summed E-state index contributed by atoms with van der Waals surface area (Å²) in [6, 6.07) is 7.24. The molecule has 2 heterocycles. The van der Waals surface area contributed by atoms with Gasteiger partial charge >= 0.3 is 0 Å². The van der Waals surface area contributed by atoms with Gasteiger partial charge in [0.1, 0.15) is 5.82 Å². The van der Waals surface area contributed by atoms with Crippen LogP contribution in [0.15, 0.2) is 30.3 Å². The highest BCUT2D eigenvalue weighted by atomic mass is 35.5. The normalized spacial score (nSPS) is 17.6. The zero-order chi connectivity index (χ0) is 19.6. The molecule has 2 amide bonds. The molecule has 28 heavy (non-hydrogen) atoms. The number of nitrogens with zero attached hydrogens (tertiary/aromatic N) is 1. The number of halogens is 2. The SMILES string of the molecule is Cc1cc(NC(=O)c2cccc(F)c2)sc1C(=O)N1CCCCC1C(C)N.Cl. The summed E-state index contributed by atoms with van der Waals surface area (Å²) in [6.45, 7) is 4.49. The zero-order valence-corrected chi connectivity index (χ0v) is 17.5. The van der Waals surface area contributed by atoms with Crippen LogP contribution in [0.25, 0.3) is 0 Å². The molecule has 3 rings (SSSR count). The molecule has 8 heteroatoms. The van der Waals surface area contributed by atoms with Crippen molar-refractivity contribution in [1.82, 2.24) is 4.90 Å². The Morgan fingerprint density at radius 3 is 2.75 bits per heavy atom. The summed E-state index contributed by atoms with van der Waals surface area (Å²) in [4.78, 5) is 27.9. The van der Waals surface area contributed by atoms with Gasteiger partial charge in [0.05, 0.1) is 9.88 Å². The van der Waals surface area contributed by atoms with Crippen molar-refractivity contribution in [3.05, 3.63) is 52.2 Å². The molecule has 0 spiro atoms. The molecule has 2 unspecified atom stereocenters. The number of aryl methyl sites for hydroxylation is 1. The highest BCUT2D eigenvalue weighted by molar-refractivity contribution is 7.18. The maximum atomic E-state index is 13.3. The quantitative estimate of drug-likeness (QED) is 0.770. The van der Waals surface area contributed by atoms with Gasteiger partial charge in [-0.25, -0.2) is 4.39 Å². The van der Waals surface area contributed by atoms with Crippen molar-refractivity contribution in [3.8, 4) is 0 Å². The molecule has 2 atom stereocenters. The first-order chi connectivity index (χ1) is 12.9. The van der Waals surface area contributed by atoms with Crippen LogP contribution in [0.1, 0.15) is 51.8 Å². The van der Waals surface area contributed by atoms with E-state index in [-0.39, 0.29) is 36.0 Å². The van der Waals surface area contributed by atoms with Gasteiger partial charge < -0.3 is 16.0 Å². The van der Waals surface area contributed by atoms with Gasteiger partial charge in [0.15, 0.2) is 0 Å². The molecule has 1 aromatic heterocycles. The predicted molar refractivity (Wildman–Crippen MR) is 113 cm³/mol. The molecule has 152 valence electrons. The Bertz CT molecular complexity index is 856. The number of hydrogen-bond donors (Lipinski definition) is 2. The van der Waals surface area contributed by atoms with Crippen molar-refractivity contribution in [3.63, 3.8) is 0 Å². The number of carbonyl (C=O) groups excluding carboxylic acids is 2. The molecule has 5 nitrogen and oxygen atoms in total. The third kappa shape index (κ3) is 4.90.